The summed E-state index contributed by atoms with van der Waals surface area (Å²) in [7, 11) is 0. The van der Waals surface area contributed by atoms with Gasteiger partial charge in [-0.2, -0.15) is 4.98 Å². The van der Waals surface area contributed by atoms with Gasteiger partial charge >= 0.3 is 0 Å². The Morgan fingerprint density at radius 2 is 2.36 bits per heavy atom. The van der Waals surface area contributed by atoms with E-state index < -0.39 is 6.10 Å². The fourth-order valence-corrected chi connectivity index (χ4v) is 3.28. The summed E-state index contributed by atoms with van der Waals surface area (Å²) < 4.78 is 11.1. The third kappa shape index (κ3) is 3.15. The highest BCUT2D eigenvalue weighted by Gasteiger charge is 2.30. The van der Waals surface area contributed by atoms with E-state index in [-0.39, 0.29) is 5.91 Å². The summed E-state index contributed by atoms with van der Waals surface area (Å²) >= 11 is 1.54. The smallest absolute Gasteiger partial charge is 0.257 e. The van der Waals surface area contributed by atoms with Gasteiger partial charge < -0.3 is 14.2 Å². The maximum Gasteiger partial charge on any atom is 0.257 e. The average molecular weight is 357 g/mol. The van der Waals surface area contributed by atoms with E-state index in [2.05, 4.69) is 20.1 Å². The van der Waals surface area contributed by atoms with Crippen LogP contribution in [0.3, 0.4) is 0 Å². The minimum Gasteiger partial charge on any atom is -0.365 e. The van der Waals surface area contributed by atoms with Crippen molar-refractivity contribution >= 4 is 17.2 Å². The molecule has 1 atom stereocenters. The van der Waals surface area contributed by atoms with Gasteiger partial charge in [0.15, 0.2) is 6.10 Å². The van der Waals surface area contributed by atoms with Gasteiger partial charge in [-0.3, -0.25) is 4.79 Å². The maximum absolute atomic E-state index is 12.7. The Labute approximate surface area is 147 Å². The van der Waals surface area contributed by atoms with Crippen molar-refractivity contribution in [1.82, 2.24) is 25.0 Å². The number of hydrogen-bond donors (Lipinski definition) is 0. The molecule has 4 heterocycles. The van der Waals surface area contributed by atoms with Crippen LogP contribution in [0.4, 0.5) is 0 Å². The Balaban J connectivity index is 1.51. The molecule has 1 fully saturated rings. The van der Waals surface area contributed by atoms with Crippen molar-refractivity contribution < 1.29 is 14.1 Å². The summed E-state index contributed by atoms with van der Waals surface area (Å²) in [6.45, 7) is 3.03. The molecule has 9 heteroatoms. The fraction of sp³-hybridized carbons (Fsp3) is 0.312. The molecule has 0 aliphatic carbocycles. The first-order chi connectivity index (χ1) is 12.2. The number of hydrogen-bond acceptors (Lipinski definition) is 8. The van der Waals surface area contributed by atoms with Crippen LogP contribution in [0.5, 0.6) is 0 Å². The lowest BCUT2D eigenvalue weighted by atomic mass is 10.2. The molecule has 128 valence electrons. The molecule has 1 saturated heterocycles. The molecule has 0 spiro atoms. The number of aryl methyl sites for hydroxylation is 1. The second-order valence-electron chi connectivity index (χ2n) is 5.57. The molecular formula is C16H15N5O3S. The molecule has 1 amide bonds. The zero-order valence-corrected chi connectivity index (χ0v) is 14.3. The van der Waals surface area contributed by atoms with E-state index in [0.717, 1.165) is 4.88 Å². The van der Waals surface area contributed by atoms with Crippen LogP contribution in [0.15, 0.2) is 34.6 Å². The second kappa shape index (κ2) is 6.69. The van der Waals surface area contributed by atoms with Crippen LogP contribution >= 0.6 is 11.3 Å². The summed E-state index contributed by atoms with van der Waals surface area (Å²) in [6.07, 6.45) is 2.53. The number of amides is 1. The molecule has 0 aromatic carbocycles. The molecule has 0 N–H and O–H groups in total. The standard InChI is InChI=1S/C16H15N5O3S/c1-10-11(7-17-9-18-10)16(22)21-4-5-23-12(8-21)15-19-14(20-24-15)13-3-2-6-25-13/h2-3,6-7,9,12H,4-5,8H2,1H3. The monoisotopic (exact) mass is 357 g/mol. The van der Waals surface area contributed by atoms with Crippen molar-refractivity contribution in [3.05, 3.63) is 47.2 Å². The van der Waals surface area contributed by atoms with E-state index in [1.165, 1.54) is 23.9 Å². The number of carbonyl (C=O) groups excluding carboxylic acids is 1. The normalized spacial score (nSPS) is 17.6. The molecule has 1 unspecified atom stereocenters. The molecule has 0 bridgehead atoms. The zero-order valence-electron chi connectivity index (χ0n) is 13.5. The summed E-state index contributed by atoms with van der Waals surface area (Å²) in [4.78, 5) is 27.8. The lowest BCUT2D eigenvalue weighted by Gasteiger charge is -2.31. The predicted octanol–water partition coefficient (Wildman–Crippen LogP) is 2.11. The summed E-state index contributed by atoms with van der Waals surface area (Å²) in [5.74, 6) is 0.788. The summed E-state index contributed by atoms with van der Waals surface area (Å²) in [5, 5.41) is 5.95. The van der Waals surface area contributed by atoms with Gasteiger partial charge in [-0.1, -0.05) is 11.2 Å². The van der Waals surface area contributed by atoms with E-state index >= 15 is 0 Å². The maximum atomic E-state index is 12.7. The van der Waals surface area contributed by atoms with Crippen molar-refractivity contribution in [3.63, 3.8) is 0 Å². The minimum absolute atomic E-state index is 0.121. The van der Waals surface area contributed by atoms with E-state index in [1.54, 1.807) is 11.8 Å². The molecule has 8 nitrogen and oxygen atoms in total. The number of nitrogens with zero attached hydrogens (tertiary/aromatic N) is 5. The van der Waals surface area contributed by atoms with Crippen molar-refractivity contribution in [2.75, 3.05) is 19.7 Å². The number of morpholine rings is 1. The Morgan fingerprint density at radius 1 is 1.44 bits per heavy atom. The molecule has 3 aromatic rings. The van der Waals surface area contributed by atoms with Gasteiger partial charge in [-0.15, -0.1) is 11.3 Å². The number of carbonyl (C=O) groups is 1. The SMILES string of the molecule is Cc1ncncc1C(=O)N1CCOC(c2nc(-c3cccs3)no2)C1. The van der Waals surface area contributed by atoms with Gasteiger partial charge in [0.25, 0.3) is 11.8 Å². The summed E-state index contributed by atoms with van der Waals surface area (Å²) in [5.41, 5.74) is 1.15. The van der Waals surface area contributed by atoms with Crippen LogP contribution in [-0.4, -0.2) is 50.6 Å². The number of aromatic nitrogens is 4. The largest absolute Gasteiger partial charge is 0.365 e. The van der Waals surface area contributed by atoms with E-state index in [1.807, 2.05) is 17.5 Å². The number of thiophene rings is 1. The number of rotatable bonds is 3. The van der Waals surface area contributed by atoms with Crippen molar-refractivity contribution in [3.8, 4) is 10.7 Å². The first-order valence-corrected chi connectivity index (χ1v) is 8.65. The highest BCUT2D eigenvalue weighted by molar-refractivity contribution is 7.13. The fourth-order valence-electron chi connectivity index (χ4n) is 2.63. The van der Waals surface area contributed by atoms with Crippen molar-refractivity contribution in [1.29, 1.82) is 0 Å². The third-order valence-corrected chi connectivity index (χ3v) is 4.82. The summed E-state index contributed by atoms with van der Waals surface area (Å²) in [6, 6.07) is 3.85. The minimum atomic E-state index is -0.441. The molecular weight excluding hydrogens is 342 g/mol. The van der Waals surface area contributed by atoms with Gasteiger partial charge in [0.1, 0.15) is 6.33 Å². The van der Waals surface area contributed by atoms with E-state index in [4.69, 9.17) is 9.26 Å². The third-order valence-electron chi connectivity index (χ3n) is 3.95. The average Bonchev–Trinajstić information content (AvgIpc) is 3.33. The molecule has 0 saturated carbocycles. The Hall–Kier alpha value is -2.65. The zero-order chi connectivity index (χ0) is 17.2. The molecule has 25 heavy (non-hydrogen) atoms. The molecule has 4 rings (SSSR count). The van der Waals surface area contributed by atoms with E-state index in [0.29, 0.717) is 42.7 Å². The molecule has 1 aliphatic rings. The molecule has 0 radical (unpaired) electrons. The van der Waals surface area contributed by atoms with Crippen LogP contribution in [0.25, 0.3) is 10.7 Å². The van der Waals surface area contributed by atoms with Gasteiger partial charge in [-0.25, -0.2) is 9.97 Å². The lowest BCUT2D eigenvalue weighted by Crippen LogP contribution is -2.42. The Morgan fingerprint density at radius 3 is 3.16 bits per heavy atom. The van der Waals surface area contributed by atoms with Gasteiger partial charge in [-0.05, 0) is 18.4 Å². The lowest BCUT2D eigenvalue weighted by molar-refractivity contribution is -0.0367. The van der Waals surface area contributed by atoms with Gasteiger partial charge in [0, 0.05) is 12.7 Å². The van der Waals surface area contributed by atoms with Crippen LogP contribution in [-0.2, 0) is 4.74 Å². The van der Waals surface area contributed by atoms with Gasteiger partial charge in [0.2, 0.25) is 5.82 Å². The second-order valence-corrected chi connectivity index (χ2v) is 6.51. The highest BCUT2D eigenvalue weighted by atomic mass is 32.1. The first kappa shape index (κ1) is 15.9. The quantitative estimate of drug-likeness (QED) is 0.708. The molecule has 1 aliphatic heterocycles. The van der Waals surface area contributed by atoms with Crippen molar-refractivity contribution in [2.24, 2.45) is 0 Å². The Bertz CT molecular complexity index is 880. The van der Waals surface area contributed by atoms with Crippen molar-refractivity contribution in [2.45, 2.75) is 13.0 Å². The highest BCUT2D eigenvalue weighted by Crippen LogP contribution is 2.26. The Kier molecular flexibility index (Phi) is 4.24. The van der Waals surface area contributed by atoms with Crippen LogP contribution in [0, 0.1) is 6.92 Å². The van der Waals surface area contributed by atoms with Crippen LogP contribution < -0.4 is 0 Å². The topological polar surface area (TPSA) is 94.2 Å². The first-order valence-electron chi connectivity index (χ1n) is 7.77. The van der Waals surface area contributed by atoms with Crippen LogP contribution in [0.2, 0.25) is 0 Å². The molecule has 3 aromatic heterocycles. The van der Waals surface area contributed by atoms with Gasteiger partial charge in [0.05, 0.1) is 29.3 Å². The van der Waals surface area contributed by atoms with E-state index in [9.17, 15) is 4.79 Å². The predicted molar refractivity (Wildman–Crippen MR) is 89.0 cm³/mol. The van der Waals surface area contributed by atoms with Crippen LogP contribution in [0.1, 0.15) is 28.0 Å². The number of ether oxygens (including phenoxy) is 1.